The second kappa shape index (κ2) is 18.2. The van der Waals surface area contributed by atoms with Crippen LogP contribution in [-0.4, -0.2) is 58.1 Å². The Balaban J connectivity index is 1.37. The molecule has 3 N–H and O–H groups in total. The monoisotopic (exact) mass is 676 g/mol. The van der Waals surface area contributed by atoms with E-state index in [4.69, 9.17) is 4.74 Å². The van der Waals surface area contributed by atoms with E-state index in [1.807, 2.05) is 66.0 Å². The molecule has 4 amide bonds. The van der Waals surface area contributed by atoms with Crippen LogP contribution in [0.2, 0.25) is 0 Å². The van der Waals surface area contributed by atoms with Crippen molar-refractivity contribution in [2.75, 3.05) is 7.05 Å². The number of alkyl carbamates (subject to hydrolysis) is 1. The SMILES string of the molecule is CC(C)c1nc(CN(C)C(=O)N[C@@H](C)C(=O)N[C@H](CC[C@H](Cc2ccccc2)NC(=O)OCc2cncs2)Cc2ccccc2)cs1. The summed E-state index contributed by atoms with van der Waals surface area (Å²) in [6, 6.07) is 18.3. The van der Waals surface area contributed by atoms with Gasteiger partial charge in [0.2, 0.25) is 5.91 Å². The van der Waals surface area contributed by atoms with Crippen molar-refractivity contribution < 1.29 is 19.1 Å². The molecular formula is C35H44N6O4S2. The third-order valence-electron chi connectivity index (χ3n) is 7.55. The number of nitrogens with one attached hydrogen (secondary N) is 3. The largest absolute Gasteiger partial charge is 0.444 e. The Morgan fingerprint density at radius 2 is 1.47 bits per heavy atom. The molecule has 0 aliphatic carbocycles. The Labute approximate surface area is 285 Å². The predicted octanol–water partition coefficient (Wildman–Crippen LogP) is 6.30. The zero-order valence-corrected chi connectivity index (χ0v) is 29.0. The number of aromatic nitrogens is 2. The van der Waals surface area contributed by atoms with Gasteiger partial charge in [-0.3, -0.25) is 9.78 Å². The molecule has 2 aromatic carbocycles. The fraction of sp³-hybridized carbons (Fsp3) is 0.400. The Morgan fingerprint density at radius 1 is 0.851 bits per heavy atom. The van der Waals surface area contributed by atoms with Gasteiger partial charge in [0, 0.05) is 36.6 Å². The summed E-state index contributed by atoms with van der Waals surface area (Å²) in [6.45, 7) is 6.36. The number of nitrogens with zero attached hydrogens (tertiary/aromatic N) is 3. The van der Waals surface area contributed by atoms with Gasteiger partial charge in [0.25, 0.3) is 0 Å². The molecule has 0 fully saturated rings. The Bertz CT molecular complexity index is 1530. The summed E-state index contributed by atoms with van der Waals surface area (Å²) in [5, 5.41) is 12.0. The van der Waals surface area contributed by atoms with E-state index in [-0.39, 0.29) is 30.6 Å². The van der Waals surface area contributed by atoms with Gasteiger partial charge in [0.15, 0.2) is 0 Å². The van der Waals surface area contributed by atoms with Crippen molar-refractivity contribution in [2.24, 2.45) is 0 Å². The first-order chi connectivity index (χ1) is 22.7. The molecule has 0 aliphatic heterocycles. The van der Waals surface area contributed by atoms with E-state index < -0.39 is 12.1 Å². The number of carbonyl (C=O) groups is 3. The smallest absolute Gasteiger partial charge is 0.407 e. The molecule has 3 atom stereocenters. The van der Waals surface area contributed by atoms with Gasteiger partial charge in [-0.15, -0.1) is 22.7 Å². The lowest BCUT2D eigenvalue weighted by molar-refractivity contribution is -0.123. The van der Waals surface area contributed by atoms with Crippen molar-refractivity contribution in [3.05, 3.63) is 104 Å². The van der Waals surface area contributed by atoms with E-state index in [2.05, 4.69) is 39.8 Å². The van der Waals surface area contributed by atoms with Gasteiger partial charge < -0.3 is 25.6 Å². The first-order valence-electron chi connectivity index (χ1n) is 15.8. The second-order valence-electron chi connectivity index (χ2n) is 11.9. The van der Waals surface area contributed by atoms with E-state index in [1.165, 1.54) is 16.2 Å². The Kier molecular flexibility index (Phi) is 13.7. The minimum absolute atomic E-state index is 0.156. The molecular weight excluding hydrogens is 633 g/mol. The van der Waals surface area contributed by atoms with E-state index in [0.29, 0.717) is 38.1 Å². The number of ether oxygens (including phenoxy) is 1. The maximum absolute atomic E-state index is 13.4. The zero-order valence-electron chi connectivity index (χ0n) is 27.3. The van der Waals surface area contributed by atoms with Crippen LogP contribution in [-0.2, 0) is 35.5 Å². The fourth-order valence-corrected chi connectivity index (χ4v) is 6.30. The summed E-state index contributed by atoms with van der Waals surface area (Å²) in [5.41, 5.74) is 4.69. The molecule has 0 saturated carbocycles. The van der Waals surface area contributed by atoms with Gasteiger partial charge in [0.1, 0.15) is 12.6 Å². The minimum atomic E-state index is -0.759. The molecule has 10 nitrogen and oxygen atoms in total. The highest BCUT2D eigenvalue weighted by Gasteiger charge is 2.23. The fourth-order valence-electron chi connectivity index (χ4n) is 4.97. The molecule has 4 aromatic rings. The highest BCUT2D eigenvalue weighted by atomic mass is 32.1. The van der Waals surface area contributed by atoms with Gasteiger partial charge in [-0.2, -0.15) is 0 Å². The number of urea groups is 1. The first kappa shape index (κ1) is 35.6. The second-order valence-corrected chi connectivity index (χ2v) is 13.8. The van der Waals surface area contributed by atoms with Crippen molar-refractivity contribution in [3.63, 3.8) is 0 Å². The van der Waals surface area contributed by atoms with Crippen LogP contribution < -0.4 is 16.0 Å². The molecule has 250 valence electrons. The number of rotatable bonds is 16. The molecule has 0 unspecified atom stereocenters. The van der Waals surface area contributed by atoms with Crippen LogP contribution in [0.5, 0.6) is 0 Å². The Morgan fingerprint density at radius 3 is 2.02 bits per heavy atom. The molecule has 2 heterocycles. The maximum atomic E-state index is 13.4. The molecule has 4 rings (SSSR count). The van der Waals surface area contributed by atoms with Crippen molar-refractivity contribution >= 4 is 40.7 Å². The van der Waals surface area contributed by atoms with Crippen molar-refractivity contribution in [1.82, 2.24) is 30.8 Å². The molecule has 12 heteroatoms. The van der Waals surface area contributed by atoms with Gasteiger partial charge in [-0.25, -0.2) is 14.6 Å². The van der Waals surface area contributed by atoms with Crippen LogP contribution in [0, 0.1) is 0 Å². The van der Waals surface area contributed by atoms with E-state index >= 15 is 0 Å². The summed E-state index contributed by atoms with van der Waals surface area (Å²) in [6.07, 6.45) is 3.58. The molecule has 0 saturated heterocycles. The standard InChI is InChI=1S/C35H44N6O4S2/c1-24(2)33-39-30(22-46-33)20-41(4)34(43)37-25(3)32(42)38-28(17-26-11-7-5-8-12-26)15-16-29(18-27-13-9-6-10-14-27)40-35(44)45-21-31-19-36-23-47-31/h5-14,19,22-25,28-29H,15-18,20-21H2,1-4H3,(H,37,43)(H,38,42)(H,40,44)/t25-,28+,29+/m0/s1. The summed E-state index contributed by atoms with van der Waals surface area (Å²) < 4.78 is 5.46. The lowest BCUT2D eigenvalue weighted by Crippen LogP contribution is -2.51. The molecule has 47 heavy (non-hydrogen) atoms. The van der Waals surface area contributed by atoms with Gasteiger partial charge in [-0.05, 0) is 43.7 Å². The van der Waals surface area contributed by atoms with Crippen molar-refractivity contribution in [3.8, 4) is 0 Å². The van der Waals surface area contributed by atoms with E-state index in [0.717, 1.165) is 26.7 Å². The number of hydrogen-bond donors (Lipinski definition) is 3. The highest BCUT2D eigenvalue weighted by molar-refractivity contribution is 7.09. The summed E-state index contributed by atoms with van der Waals surface area (Å²) in [4.78, 5) is 50.2. The molecule has 0 bridgehead atoms. The summed E-state index contributed by atoms with van der Waals surface area (Å²) in [7, 11) is 1.69. The number of thiazole rings is 2. The van der Waals surface area contributed by atoms with E-state index in [1.54, 1.807) is 37.0 Å². The zero-order chi connectivity index (χ0) is 33.6. The number of carbonyl (C=O) groups excluding carboxylic acids is 3. The average molecular weight is 677 g/mol. The predicted molar refractivity (Wildman–Crippen MR) is 186 cm³/mol. The lowest BCUT2D eigenvalue weighted by atomic mass is 9.96. The Hall–Kier alpha value is -4.29. The van der Waals surface area contributed by atoms with E-state index in [9.17, 15) is 14.4 Å². The highest BCUT2D eigenvalue weighted by Crippen LogP contribution is 2.20. The van der Waals surface area contributed by atoms with Crippen LogP contribution in [0.1, 0.15) is 66.2 Å². The van der Waals surface area contributed by atoms with Gasteiger partial charge in [0.05, 0.1) is 27.6 Å². The van der Waals surface area contributed by atoms with Crippen LogP contribution in [0.15, 0.2) is 77.8 Å². The van der Waals surface area contributed by atoms with Gasteiger partial charge in [-0.1, -0.05) is 74.5 Å². The molecule has 0 aliphatic rings. The van der Waals surface area contributed by atoms with Crippen LogP contribution >= 0.6 is 22.7 Å². The average Bonchev–Trinajstić information content (AvgIpc) is 3.76. The number of hydrogen-bond acceptors (Lipinski definition) is 8. The normalized spacial score (nSPS) is 13.0. The number of amides is 4. The quantitative estimate of drug-likeness (QED) is 0.128. The van der Waals surface area contributed by atoms with Crippen molar-refractivity contribution in [2.45, 2.75) is 83.6 Å². The first-order valence-corrected chi connectivity index (χ1v) is 17.6. The molecule has 2 aromatic heterocycles. The third kappa shape index (κ3) is 12.1. The third-order valence-corrected chi connectivity index (χ3v) is 9.50. The van der Waals surface area contributed by atoms with Gasteiger partial charge >= 0.3 is 12.1 Å². The molecule has 0 radical (unpaired) electrons. The van der Waals surface area contributed by atoms with Crippen LogP contribution in [0.3, 0.4) is 0 Å². The maximum Gasteiger partial charge on any atom is 0.407 e. The topological polar surface area (TPSA) is 126 Å². The molecule has 0 spiro atoms. The van der Waals surface area contributed by atoms with Crippen LogP contribution in [0.4, 0.5) is 9.59 Å². The minimum Gasteiger partial charge on any atom is -0.444 e. The summed E-state index contributed by atoms with van der Waals surface area (Å²) in [5.74, 6) is 0.0489. The van der Waals surface area contributed by atoms with Crippen LogP contribution in [0.25, 0.3) is 0 Å². The lowest BCUT2D eigenvalue weighted by Gasteiger charge is -2.26. The number of benzene rings is 2. The van der Waals surface area contributed by atoms with Crippen molar-refractivity contribution in [1.29, 1.82) is 0 Å². The summed E-state index contributed by atoms with van der Waals surface area (Å²) >= 11 is 3.01.